The van der Waals surface area contributed by atoms with Gasteiger partial charge in [-0.3, -0.25) is 4.99 Å². The predicted molar refractivity (Wildman–Crippen MR) is 110 cm³/mol. The van der Waals surface area contributed by atoms with Gasteiger partial charge >= 0.3 is 0 Å². The summed E-state index contributed by atoms with van der Waals surface area (Å²) in [6.07, 6.45) is 1.75. The maximum Gasteiger partial charge on any atom is 0.213 e. The number of nitrogens with one attached hydrogen (secondary N) is 2. The third-order valence-corrected chi connectivity index (χ3v) is 3.37. The van der Waals surface area contributed by atoms with Crippen LogP contribution in [0, 0.1) is 5.82 Å². The number of methoxy groups -OCH3 is 1. The molecule has 0 unspecified atom stereocenters. The van der Waals surface area contributed by atoms with Crippen molar-refractivity contribution in [2.75, 3.05) is 27.4 Å². The smallest absolute Gasteiger partial charge is 0.213 e. The molecule has 0 amide bonds. The van der Waals surface area contributed by atoms with Crippen molar-refractivity contribution in [3.8, 4) is 5.88 Å². The number of ether oxygens (including phenoxy) is 2. The van der Waals surface area contributed by atoms with Crippen molar-refractivity contribution in [1.29, 1.82) is 0 Å². The molecule has 6 nitrogen and oxygen atoms in total. The zero-order chi connectivity index (χ0) is 17.9. The SMILES string of the molecule is CN=C(NCc1ccc(OCCOC)nc1)NCc1cccc(F)c1.I. The highest BCUT2D eigenvalue weighted by atomic mass is 127. The van der Waals surface area contributed by atoms with Crippen LogP contribution in [0.25, 0.3) is 0 Å². The second-order valence-electron chi connectivity index (χ2n) is 5.26. The predicted octanol–water partition coefficient (Wildman–Crippen LogP) is 2.73. The van der Waals surface area contributed by atoms with E-state index in [-0.39, 0.29) is 29.8 Å². The molecule has 0 aliphatic rings. The van der Waals surface area contributed by atoms with E-state index in [1.54, 1.807) is 26.4 Å². The van der Waals surface area contributed by atoms with Gasteiger partial charge in [0.25, 0.3) is 0 Å². The largest absolute Gasteiger partial charge is 0.475 e. The highest BCUT2D eigenvalue weighted by molar-refractivity contribution is 14.0. The van der Waals surface area contributed by atoms with Crippen LogP contribution in [-0.2, 0) is 17.8 Å². The number of rotatable bonds is 8. The topological polar surface area (TPSA) is 67.8 Å². The van der Waals surface area contributed by atoms with E-state index in [4.69, 9.17) is 9.47 Å². The van der Waals surface area contributed by atoms with Crippen LogP contribution in [0.15, 0.2) is 47.6 Å². The van der Waals surface area contributed by atoms with Gasteiger partial charge in [0.1, 0.15) is 12.4 Å². The minimum atomic E-state index is -0.249. The number of aromatic nitrogens is 1. The summed E-state index contributed by atoms with van der Waals surface area (Å²) in [5.41, 5.74) is 1.84. The second-order valence-corrected chi connectivity index (χ2v) is 5.26. The lowest BCUT2D eigenvalue weighted by molar-refractivity contribution is 0.143. The van der Waals surface area contributed by atoms with Crippen molar-refractivity contribution < 1.29 is 13.9 Å². The molecule has 2 aromatic rings. The Morgan fingerprint density at radius 2 is 1.88 bits per heavy atom. The van der Waals surface area contributed by atoms with E-state index >= 15 is 0 Å². The Labute approximate surface area is 170 Å². The van der Waals surface area contributed by atoms with Crippen molar-refractivity contribution >= 4 is 29.9 Å². The maximum atomic E-state index is 13.2. The van der Waals surface area contributed by atoms with E-state index in [0.29, 0.717) is 38.1 Å². The Balaban J connectivity index is 0.00000338. The molecule has 1 aromatic carbocycles. The molecule has 8 heteroatoms. The lowest BCUT2D eigenvalue weighted by Gasteiger charge is -2.12. The number of hydrogen-bond acceptors (Lipinski definition) is 4. The summed E-state index contributed by atoms with van der Waals surface area (Å²) >= 11 is 0. The van der Waals surface area contributed by atoms with E-state index in [1.165, 1.54) is 12.1 Å². The lowest BCUT2D eigenvalue weighted by atomic mass is 10.2. The molecule has 0 saturated carbocycles. The van der Waals surface area contributed by atoms with Gasteiger partial charge < -0.3 is 20.1 Å². The Bertz CT molecular complexity index is 683. The van der Waals surface area contributed by atoms with Gasteiger partial charge in [0.15, 0.2) is 5.96 Å². The second kappa shape index (κ2) is 12.4. The Kier molecular flexibility index (Phi) is 10.6. The summed E-state index contributed by atoms with van der Waals surface area (Å²) in [6, 6.07) is 10.2. The van der Waals surface area contributed by atoms with Crippen molar-refractivity contribution in [3.63, 3.8) is 0 Å². The number of hydrogen-bond donors (Lipinski definition) is 2. The van der Waals surface area contributed by atoms with Crippen LogP contribution in [0.4, 0.5) is 4.39 Å². The first-order valence-corrected chi connectivity index (χ1v) is 7.97. The first-order valence-electron chi connectivity index (χ1n) is 7.97. The lowest BCUT2D eigenvalue weighted by Crippen LogP contribution is -2.36. The van der Waals surface area contributed by atoms with Gasteiger partial charge in [-0.1, -0.05) is 18.2 Å². The number of halogens is 2. The molecule has 2 rings (SSSR count). The fraction of sp³-hybridized carbons (Fsp3) is 0.333. The van der Waals surface area contributed by atoms with E-state index in [9.17, 15) is 4.39 Å². The average Bonchev–Trinajstić information content (AvgIpc) is 2.63. The van der Waals surface area contributed by atoms with Crippen molar-refractivity contribution in [2.45, 2.75) is 13.1 Å². The van der Waals surface area contributed by atoms with E-state index in [0.717, 1.165) is 11.1 Å². The van der Waals surface area contributed by atoms with Gasteiger partial charge in [-0.15, -0.1) is 24.0 Å². The number of nitrogens with zero attached hydrogens (tertiary/aromatic N) is 2. The molecule has 1 aromatic heterocycles. The Hall–Kier alpha value is -1.94. The first kappa shape index (κ1) is 22.1. The summed E-state index contributed by atoms with van der Waals surface area (Å²) in [7, 11) is 3.31. The standard InChI is InChI=1S/C18H23FN4O2.HI/c1-20-18(22-11-14-4-3-5-16(19)10-14)23-13-15-6-7-17(21-12-15)25-9-8-24-2;/h3-7,10,12H,8-9,11,13H2,1-2H3,(H2,20,22,23);1H. The normalized spacial score (nSPS) is 10.8. The number of benzene rings is 1. The van der Waals surface area contributed by atoms with Crippen LogP contribution in [0.3, 0.4) is 0 Å². The fourth-order valence-corrected chi connectivity index (χ4v) is 2.07. The molecule has 0 spiro atoms. The molecule has 0 aliphatic heterocycles. The number of guanidine groups is 1. The third kappa shape index (κ3) is 7.96. The summed E-state index contributed by atoms with van der Waals surface area (Å²) in [5.74, 6) is 0.945. The van der Waals surface area contributed by atoms with Crippen LogP contribution < -0.4 is 15.4 Å². The molecule has 142 valence electrons. The molecular formula is C18H24FIN4O2. The average molecular weight is 474 g/mol. The van der Waals surface area contributed by atoms with Gasteiger partial charge in [0.05, 0.1) is 6.61 Å². The van der Waals surface area contributed by atoms with Crippen molar-refractivity contribution in [3.05, 3.63) is 59.5 Å². The van der Waals surface area contributed by atoms with Crippen LogP contribution in [0.5, 0.6) is 5.88 Å². The van der Waals surface area contributed by atoms with Crippen LogP contribution in [-0.4, -0.2) is 38.3 Å². The Morgan fingerprint density at radius 3 is 2.50 bits per heavy atom. The molecule has 0 radical (unpaired) electrons. The zero-order valence-corrected chi connectivity index (χ0v) is 17.2. The molecule has 0 fully saturated rings. The molecule has 0 aliphatic carbocycles. The Morgan fingerprint density at radius 1 is 1.12 bits per heavy atom. The minimum absolute atomic E-state index is 0. The zero-order valence-electron chi connectivity index (χ0n) is 14.9. The van der Waals surface area contributed by atoms with Gasteiger partial charge in [-0.05, 0) is 23.3 Å². The quantitative estimate of drug-likeness (QED) is 0.267. The van der Waals surface area contributed by atoms with E-state index in [2.05, 4.69) is 20.6 Å². The van der Waals surface area contributed by atoms with Crippen molar-refractivity contribution in [2.24, 2.45) is 4.99 Å². The number of pyridine rings is 1. The fourth-order valence-electron chi connectivity index (χ4n) is 2.07. The molecule has 1 heterocycles. The summed E-state index contributed by atoms with van der Waals surface area (Å²) in [5, 5.41) is 6.33. The van der Waals surface area contributed by atoms with Crippen LogP contribution >= 0.6 is 24.0 Å². The first-order chi connectivity index (χ1) is 12.2. The van der Waals surface area contributed by atoms with Crippen LogP contribution in [0.2, 0.25) is 0 Å². The van der Waals surface area contributed by atoms with Gasteiger partial charge in [-0.25, -0.2) is 9.37 Å². The van der Waals surface area contributed by atoms with Crippen LogP contribution in [0.1, 0.15) is 11.1 Å². The summed E-state index contributed by atoms with van der Waals surface area (Å²) in [4.78, 5) is 8.39. The highest BCUT2D eigenvalue weighted by Gasteiger charge is 2.01. The van der Waals surface area contributed by atoms with Crippen molar-refractivity contribution in [1.82, 2.24) is 15.6 Å². The summed E-state index contributed by atoms with van der Waals surface area (Å²) < 4.78 is 23.5. The molecule has 2 N–H and O–H groups in total. The molecular weight excluding hydrogens is 450 g/mol. The van der Waals surface area contributed by atoms with Gasteiger partial charge in [0, 0.05) is 39.5 Å². The van der Waals surface area contributed by atoms with Gasteiger partial charge in [-0.2, -0.15) is 0 Å². The van der Waals surface area contributed by atoms with E-state index in [1.807, 2.05) is 18.2 Å². The maximum absolute atomic E-state index is 13.2. The highest BCUT2D eigenvalue weighted by Crippen LogP contribution is 2.07. The van der Waals surface area contributed by atoms with E-state index < -0.39 is 0 Å². The number of aliphatic imine (C=N–C) groups is 1. The minimum Gasteiger partial charge on any atom is -0.475 e. The monoisotopic (exact) mass is 474 g/mol. The summed E-state index contributed by atoms with van der Waals surface area (Å²) in [6.45, 7) is 2.05. The molecule has 0 bridgehead atoms. The molecule has 0 atom stereocenters. The molecule has 26 heavy (non-hydrogen) atoms. The molecule has 0 saturated heterocycles. The third-order valence-electron chi connectivity index (χ3n) is 3.37. The van der Waals surface area contributed by atoms with Gasteiger partial charge in [0.2, 0.25) is 5.88 Å².